The first-order valence-electron chi connectivity index (χ1n) is 11.0. The van der Waals surface area contributed by atoms with Crippen molar-refractivity contribution in [2.45, 2.75) is 43.4 Å². The molecular formula is C27H31N2O3S+. The van der Waals surface area contributed by atoms with Crippen LogP contribution in [0.3, 0.4) is 0 Å². The summed E-state index contributed by atoms with van der Waals surface area (Å²) in [5.74, 6) is 0. The van der Waals surface area contributed by atoms with Gasteiger partial charge in [0.2, 0.25) is 5.69 Å². The highest BCUT2D eigenvalue weighted by Gasteiger charge is 2.42. The number of anilines is 1. The van der Waals surface area contributed by atoms with Crippen LogP contribution in [0, 0.1) is 0 Å². The summed E-state index contributed by atoms with van der Waals surface area (Å²) in [4.78, 5) is 1.99. The molecule has 5 nitrogen and oxygen atoms in total. The molecule has 172 valence electrons. The lowest BCUT2D eigenvalue weighted by atomic mass is 9.81. The maximum absolute atomic E-state index is 11.6. The van der Waals surface area contributed by atoms with Crippen LogP contribution in [0.25, 0.3) is 0 Å². The quantitative estimate of drug-likeness (QED) is 0.377. The van der Waals surface area contributed by atoms with E-state index >= 15 is 0 Å². The molecule has 0 aliphatic carbocycles. The third-order valence-electron chi connectivity index (χ3n) is 6.97. The normalized spacial score (nSPS) is 20.3. The molecule has 0 radical (unpaired) electrons. The highest BCUT2D eigenvalue weighted by molar-refractivity contribution is 7.85. The summed E-state index contributed by atoms with van der Waals surface area (Å²) < 4.78 is 34.9. The van der Waals surface area contributed by atoms with E-state index in [1.807, 2.05) is 19.2 Å². The maximum Gasteiger partial charge on any atom is 0.294 e. The van der Waals surface area contributed by atoms with E-state index in [-0.39, 0.29) is 10.3 Å². The first-order valence-corrected chi connectivity index (χ1v) is 12.4. The molecule has 1 N–H and O–H groups in total. The summed E-state index contributed by atoms with van der Waals surface area (Å²) in [6, 6.07) is 13.3. The van der Waals surface area contributed by atoms with Gasteiger partial charge in [-0.05, 0) is 43.7 Å². The minimum Gasteiger partial charge on any atom is -0.347 e. The van der Waals surface area contributed by atoms with Gasteiger partial charge in [-0.15, -0.1) is 0 Å². The Morgan fingerprint density at radius 2 is 1.64 bits per heavy atom. The SMILES string of the molecule is CN1/C(=C/C=C/C=C/C2=[N+](C)c3ccccc3C2(C)C)C(C)(C)c2cc(S(=O)(=O)O)ccc21. The topological polar surface area (TPSA) is 60.6 Å². The Labute approximate surface area is 196 Å². The first kappa shape index (κ1) is 23.2. The Bertz CT molecular complexity index is 1360. The monoisotopic (exact) mass is 463 g/mol. The molecule has 2 heterocycles. The molecule has 2 aliphatic rings. The van der Waals surface area contributed by atoms with E-state index in [1.165, 1.54) is 23.0 Å². The van der Waals surface area contributed by atoms with Gasteiger partial charge >= 0.3 is 0 Å². The average molecular weight is 464 g/mol. The van der Waals surface area contributed by atoms with E-state index in [2.05, 4.69) is 86.7 Å². The van der Waals surface area contributed by atoms with Gasteiger partial charge < -0.3 is 4.90 Å². The Hall–Kier alpha value is -2.96. The molecule has 2 aromatic carbocycles. The molecule has 0 saturated carbocycles. The van der Waals surface area contributed by atoms with Crippen molar-refractivity contribution >= 4 is 27.2 Å². The fourth-order valence-electron chi connectivity index (χ4n) is 5.14. The zero-order valence-electron chi connectivity index (χ0n) is 20.0. The molecule has 2 aromatic rings. The third-order valence-corrected chi connectivity index (χ3v) is 7.82. The fraction of sp³-hybridized carbons (Fsp3) is 0.296. The van der Waals surface area contributed by atoms with Gasteiger partial charge in [-0.3, -0.25) is 4.55 Å². The lowest BCUT2D eigenvalue weighted by Crippen LogP contribution is -2.26. The highest BCUT2D eigenvalue weighted by Crippen LogP contribution is 2.47. The maximum atomic E-state index is 11.6. The zero-order chi connectivity index (χ0) is 24.2. The molecule has 2 aliphatic heterocycles. The van der Waals surface area contributed by atoms with Crippen molar-refractivity contribution in [2.75, 3.05) is 19.0 Å². The number of hydrogen-bond acceptors (Lipinski definition) is 3. The van der Waals surface area contributed by atoms with Gasteiger partial charge in [0.15, 0.2) is 5.71 Å². The van der Waals surface area contributed by atoms with E-state index in [0.717, 1.165) is 16.9 Å². The fourth-order valence-corrected chi connectivity index (χ4v) is 5.64. The molecule has 0 saturated heterocycles. The molecule has 0 fully saturated rings. The number of fused-ring (bicyclic) bond motifs is 2. The first-order chi connectivity index (χ1) is 15.4. The summed E-state index contributed by atoms with van der Waals surface area (Å²) in [5.41, 5.74) is 6.21. The lowest BCUT2D eigenvalue weighted by Gasteiger charge is -2.23. The van der Waals surface area contributed by atoms with Crippen molar-refractivity contribution in [1.82, 2.24) is 0 Å². The largest absolute Gasteiger partial charge is 0.347 e. The van der Waals surface area contributed by atoms with Gasteiger partial charge in [-0.2, -0.15) is 13.0 Å². The van der Waals surface area contributed by atoms with Crippen LogP contribution >= 0.6 is 0 Å². The summed E-state index contributed by atoms with van der Waals surface area (Å²) in [6.07, 6.45) is 10.3. The van der Waals surface area contributed by atoms with Gasteiger partial charge in [0.05, 0.1) is 10.3 Å². The van der Waals surface area contributed by atoms with Gasteiger partial charge in [0.1, 0.15) is 7.05 Å². The number of benzene rings is 2. The van der Waals surface area contributed by atoms with Crippen molar-refractivity contribution in [3.63, 3.8) is 0 Å². The van der Waals surface area contributed by atoms with Crippen LogP contribution in [0.1, 0.15) is 38.8 Å². The number of nitrogens with zero attached hydrogens (tertiary/aromatic N) is 2. The standard InChI is InChI=1S/C27H30N2O3S/c1-26(2)20-12-10-11-13-22(20)28(5)24(26)14-8-7-9-15-25-27(3,4)21-18-19(33(30,31)32)16-17-23(21)29(25)6/h7-18H,1-6H3/p+1. The Morgan fingerprint density at radius 1 is 0.939 bits per heavy atom. The summed E-state index contributed by atoms with van der Waals surface area (Å²) in [6.45, 7) is 8.60. The van der Waals surface area contributed by atoms with Crippen LogP contribution in [0.15, 0.2) is 83.4 Å². The van der Waals surface area contributed by atoms with E-state index in [9.17, 15) is 13.0 Å². The Balaban J connectivity index is 1.59. The second kappa shape index (κ2) is 7.82. The van der Waals surface area contributed by atoms with Crippen molar-refractivity contribution in [3.8, 4) is 0 Å². The van der Waals surface area contributed by atoms with Gasteiger partial charge in [0.25, 0.3) is 10.1 Å². The van der Waals surface area contributed by atoms with Crippen molar-refractivity contribution in [2.24, 2.45) is 0 Å². The van der Waals surface area contributed by atoms with Crippen LogP contribution < -0.4 is 4.90 Å². The Kier molecular flexibility index (Phi) is 5.50. The molecular weight excluding hydrogens is 432 g/mol. The third kappa shape index (κ3) is 3.77. The van der Waals surface area contributed by atoms with E-state index < -0.39 is 15.5 Å². The van der Waals surface area contributed by atoms with E-state index in [4.69, 9.17) is 0 Å². The average Bonchev–Trinajstić information content (AvgIpc) is 3.06. The summed E-state index contributed by atoms with van der Waals surface area (Å²) in [5, 5.41) is 0. The van der Waals surface area contributed by atoms with Crippen LogP contribution in [-0.4, -0.2) is 37.4 Å². The number of allylic oxidation sites excluding steroid dienone is 6. The summed E-state index contributed by atoms with van der Waals surface area (Å²) >= 11 is 0. The molecule has 0 atom stereocenters. The molecule has 0 spiro atoms. The molecule has 6 heteroatoms. The van der Waals surface area contributed by atoms with Gasteiger partial charge in [-0.25, -0.2) is 0 Å². The summed E-state index contributed by atoms with van der Waals surface area (Å²) in [7, 11) is -0.168. The molecule has 0 unspecified atom stereocenters. The van der Waals surface area contributed by atoms with Crippen LogP contribution in [0.4, 0.5) is 11.4 Å². The number of hydrogen-bond donors (Lipinski definition) is 1. The molecule has 0 amide bonds. The van der Waals surface area contributed by atoms with E-state index in [0.29, 0.717) is 0 Å². The van der Waals surface area contributed by atoms with Crippen LogP contribution in [0.5, 0.6) is 0 Å². The predicted molar refractivity (Wildman–Crippen MR) is 134 cm³/mol. The lowest BCUT2D eigenvalue weighted by molar-refractivity contribution is -0.401. The smallest absolute Gasteiger partial charge is 0.294 e. The minimum absolute atomic E-state index is 0.0613. The number of rotatable bonds is 4. The Morgan fingerprint density at radius 3 is 2.30 bits per heavy atom. The van der Waals surface area contributed by atoms with Gasteiger partial charge in [0, 0.05) is 41.6 Å². The number of likely N-dealkylation sites (N-methyl/N-ethyl adjacent to an activating group) is 1. The second-order valence-corrected chi connectivity index (χ2v) is 11.1. The van der Waals surface area contributed by atoms with Gasteiger partial charge in [-0.1, -0.05) is 50.3 Å². The molecule has 0 bridgehead atoms. The molecule has 0 aromatic heterocycles. The van der Waals surface area contributed by atoms with E-state index in [1.54, 1.807) is 12.1 Å². The molecule has 33 heavy (non-hydrogen) atoms. The molecule has 4 rings (SSSR count). The highest BCUT2D eigenvalue weighted by atomic mass is 32.2. The second-order valence-electron chi connectivity index (χ2n) is 9.72. The minimum atomic E-state index is -4.24. The predicted octanol–water partition coefficient (Wildman–Crippen LogP) is 5.36. The van der Waals surface area contributed by atoms with Crippen molar-refractivity contribution in [1.29, 1.82) is 0 Å². The van der Waals surface area contributed by atoms with Crippen LogP contribution in [0.2, 0.25) is 0 Å². The number of para-hydroxylation sites is 1. The zero-order valence-corrected chi connectivity index (χ0v) is 20.8. The van der Waals surface area contributed by atoms with Crippen molar-refractivity contribution < 1.29 is 17.5 Å². The van der Waals surface area contributed by atoms with Crippen molar-refractivity contribution in [3.05, 3.63) is 89.7 Å². The van der Waals surface area contributed by atoms with Crippen LogP contribution in [-0.2, 0) is 20.9 Å².